The van der Waals surface area contributed by atoms with E-state index in [1.165, 1.54) is 9.21 Å². The largest absolute Gasteiger partial charge is 0.336 e. The third kappa shape index (κ3) is 3.42. The number of alkyl halides is 2. The standard InChI is InChI=1S/C14H18ClFN2O3S/c1-10-3-4-11(2)12(9-10)22(20,21)18-7-5-17(6-8-18)14(19)13(15)16/h3-4,9,13H,5-8H2,1-2H3. The summed E-state index contributed by atoms with van der Waals surface area (Å²) in [5.74, 6) is -0.814. The van der Waals surface area contributed by atoms with Crippen molar-refractivity contribution in [3.05, 3.63) is 29.3 Å². The fourth-order valence-electron chi connectivity index (χ4n) is 2.41. The molecular weight excluding hydrogens is 331 g/mol. The van der Waals surface area contributed by atoms with Crippen molar-refractivity contribution in [2.24, 2.45) is 0 Å². The molecule has 2 rings (SSSR count). The van der Waals surface area contributed by atoms with Crippen LogP contribution in [0, 0.1) is 13.8 Å². The van der Waals surface area contributed by atoms with Gasteiger partial charge in [0.1, 0.15) is 0 Å². The van der Waals surface area contributed by atoms with Crippen LogP contribution >= 0.6 is 11.6 Å². The van der Waals surface area contributed by atoms with E-state index >= 15 is 0 Å². The molecule has 0 aliphatic carbocycles. The van der Waals surface area contributed by atoms with Crippen LogP contribution in [-0.2, 0) is 14.8 Å². The highest BCUT2D eigenvalue weighted by Gasteiger charge is 2.32. The molecule has 1 heterocycles. The topological polar surface area (TPSA) is 57.7 Å². The highest BCUT2D eigenvalue weighted by Crippen LogP contribution is 2.22. The number of sulfonamides is 1. The predicted molar refractivity (Wildman–Crippen MR) is 82.0 cm³/mol. The van der Waals surface area contributed by atoms with Gasteiger partial charge in [-0.3, -0.25) is 4.79 Å². The van der Waals surface area contributed by atoms with Crippen molar-refractivity contribution in [1.82, 2.24) is 9.21 Å². The van der Waals surface area contributed by atoms with Crippen molar-refractivity contribution in [2.75, 3.05) is 26.2 Å². The Kier molecular flexibility index (Phi) is 5.09. The number of rotatable bonds is 3. The average molecular weight is 349 g/mol. The molecular formula is C14H18ClFN2O3S. The number of amides is 1. The molecule has 1 saturated heterocycles. The molecule has 0 bridgehead atoms. The maximum atomic E-state index is 12.8. The maximum absolute atomic E-state index is 12.8. The quantitative estimate of drug-likeness (QED) is 0.781. The van der Waals surface area contributed by atoms with Crippen LogP contribution in [0.3, 0.4) is 0 Å². The Morgan fingerprint density at radius 3 is 2.36 bits per heavy atom. The molecule has 1 unspecified atom stereocenters. The first-order chi connectivity index (χ1) is 10.2. The highest BCUT2D eigenvalue weighted by atomic mass is 35.5. The van der Waals surface area contributed by atoms with E-state index < -0.39 is 21.6 Å². The molecule has 0 radical (unpaired) electrons. The van der Waals surface area contributed by atoms with E-state index in [-0.39, 0.29) is 31.1 Å². The first kappa shape index (κ1) is 17.2. The van der Waals surface area contributed by atoms with E-state index in [0.717, 1.165) is 5.56 Å². The Labute approximate surface area is 134 Å². The molecule has 1 aromatic carbocycles. The third-order valence-corrected chi connectivity index (χ3v) is 5.93. The molecule has 1 amide bonds. The molecule has 8 heteroatoms. The minimum Gasteiger partial charge on any atom is -0.336 e. The zero-order valence-corrected chi connectivity index (χ0v) is 14.0. The van der Waals surface area contributed by atoms with Crippen LogP contribution < -0.4 is 0 Å². The molecule has 1 atom stereocenters. The van der Waals surface area contributed by atoms with Crippen LogP contribution in [0.1, 0.15) is 11.1 Å². The summed E-state index contributed by atoms with van der Waals surface area (Å²) in [5, 5.41) is 0. The Balaban J connectivity index is 2.16. The molecule has 5 nitrogen and oxygen atoms in total. The third-order valence-electron chi connectivity index (χ3n) is 3.70. The number of carbonyl (C=O) groups excluding carboxylic acids is 1. The van der Waals surface area contributed by atoms with Crippen molar-refractivity contribution in [2.45, 2.75) is 24.4 Å². The Morgan fingerprint density at radius 2 is 1.82 bits per heavy atom. The molecule has 0 N–H and O–H groups in total. The molecule has 0 aromatic heterocycles. The number of benzene rings is 1. The van der Waals surface area contributed by atoms with Gasteiger partial charge in [-0.1, -0.05) is 23.7 Å². The monoisotopic (exact) mass is 348 g/mol. The second-order valence-electron chi connectivity index (χ2n) is 5.30. The van der Waals surface area contributed by atoms with Crippen molar-refractivity contribution in [3.8, 4) is 0 Å². The Morgan fingerprint density at radius 1 is 1.23 bits per heavy atom. The van der Waals surface area contributed by atoms with Gasteiger partial charge in [0.05, 0.1) is 4.90 Å². The lowest BCUT2D eigenvalue weighted by Gasteiger charge is -2.34. The van der Waals surface area contributed by atoms with E-state index in [1.807, 2.05) is 13.0 Å². The van der Waals surface area contributed by atoms with Crippen molar-refractivity contribution in [3.63, 3.8) is 0 Å². The first-order valence-corrected chi connectivity index (χ1v) is 8.75. The number of halogens is 2. The molecule has 0 spiro atoms. The van der Waals surface area contributed by atoms with E-state index in [2.05, 4.69) is 0 Å². The minimum absolute atomic E-state index is 0.130. The van der Waals surface area contributed by atoms with E-state index in [0.29, 0.717) is 5.56 Å². The van der Waals surface area contributed by atoms with Crippen LogP contribution in [0.4, 0.5) is 4.39 Å². The van der Waals surface area contributed by atoms with Crippen molar-refractivity contribution >= 4 is 27.5 Å². The number of carbonyl (C=O) groups is 1. The molecule has 1 aliphatic rings. The first-order valence-electron chi connectivity index (χ1n) is 6.88. The zero-order valence-electron chi connectivity index (χ0n) is 12.4. The van der Waals surface area contributed by atoms with Crippen LogP contribution in [0.5, 0.6) is 0 Å². The lowest BCUT2D eigenvalue weighted by atomic mass is 10.2. The summed E-state index contributed by atoms with van der Waals surface area (Å²) in [6.45, 7) is 4.10. The minimum atomic E-state index is -3.62. The maximum Gasteiger partial charge on any atom is 0.272 e. The molecule has 1 fully saturated rings. The number of piperazine rings is 1. The van der Waals surface area contributed by atoms with Crippen molar-refractivity contribution < 1.29 is 17.6 Å². The fraction of sp³-hybridized carbons (Fsp3) is 0.500. The molecule has 0 saturated carbocycles. The molecule has 22 heavy (non-hydrogen) atoms. The Hall–Kier alpha value is -1.18. The summed E-state index contributed by atoms with van der Waals surface area (Å²) in [4.78, 5) is 13.0. The van der Waals surface area contributed by atoms with Crippen molar-refractivity contribution in [1.29, 1.82) is 0 Å². The van der Waals surface area contributed by atoms with Gasteiger partial charge in [0.25, 0.3) is 11.5 Å². The van der Waals surface area contributed by atoms with Gasteiger partial charge in [0.15, 0.2) is 0 Å². The fourth-order valence-corrected chi connectivity index (χ4v) is 4.28. The van der Waals surface area contributed by atoms with Crippen LogP contribution in [0.2, 0.25) is 0 Å². The van der Waals surface area contributed by atoms with E-state index in [1.54, 1.807) is 19.1 Å². The lowest BCUT2D eigenvalue weighted by Crippen LogP contribution is -2.51. The zero-order chi connectivity index (χ0) is 16.5. The SMILES string of the molecule is Cc1ccc(C)c(S(=O)(=O)N2CCN(C(=O)C(F)Cl)CC2)c1. The summed E-state index contributed by atoms with van der Waals surface area (Å²) in [6, 6.07) is 5.26. The molecule has 122 valence electrons. The summed E-state index contributed by atoms with van der Waals surface area (Å²) >= 11 is 5.13. The second kappa shape index (κ2) is 6.52. The van der Waals surface area contributed by atoms with Gasteiger partial charge in [-0.05, 0) is 31.0 Å². The lowest BCUT2D eigenvalue weighted by molar-refractivity contribution is -0.134. The molecule has 1 aromatic rings. The van der Waals surface area contributed by atoms with Crippen LogP contribution in [-0.4, -0.2) is 55.3 Å². The van der Waals surface area contributed by atoms with Gasteiger partial charge in [0, 0.05) is 26.2 Å². The Bertz CT molecular complexity index is 671. The number of nitrogens with zero attached hydrogens (tertiary/aromatic N) is 2. The smallest absolute Gasteiger partial charge is 0.272 e. The summed E-state index contributed by atoms with van der Waals surface area (Å²) in [5.41, 5.74) is -0.545. The van der Waals surface area contributed by atoms with Gasteiger partial charge in [-0.2, -0.15) is 4.31 Å². The average Bonchev–Trinajstić information content (AvgIpc) is 2.48. The number of aryl methyl sites for hydroxylation is 2. The normalized spacial score (nSPS) is 18.3. The van der Waals surface area contributed by atoms with Gasteiger partial charge in [0.2, 0.25) is 10.0 Å². The van der Waals surface area contributed by atoms with Gasteiger partial charge in [-0.15, -0.1) is 0 Å². The van der Waals surface area contributed by atoms with Crippen LogP contribution in [0.15, 0.2) is 23.1 Å². The van der Waals surface area contributed by atoms with Gasteiger partial charge < -0.3 is 4.90 Å². The van der Waals surface area contributed by atoms with Gasteiger partial charge in [-0.25, -0.2) is 12.8 Å². The highest BCUT2D eigenvalue weighted by molar-refractivity contribution is 7.89. The summed E-state index contributed by atoms with van der Waals surface area (Å²) in [7, 11) is -3.62. The molecule has 1 aliphatic heterocycles. The second-order valence-corrected chi connectivity index (χ2v) is 7.59. The van der Waals surface area contributed by atoms with Crippen LogP contribution in [0.25, 0.3) is 0 Å². The van der Waals surface area contributed by atoms with Gasteiger partial charge >= 0.3 is 0 Å². The van der Waals surface area contributed by atoms with E-state index in [9.17, 15) is 17.6 Å². The summed E-state index contributed by atoms with van der Waals surface area (Å²) in [6.07, 6.45) is 0. The van der Waals surface area contributed by atoms with E-state index in [4.69, 9.17) is 11.6 Å². The number of hydrogen-bond donors (Lipinski definition) is 0. The predicted octanol–water partition coefficient (Wildman–Crippen LogP) is 1.67. The summed E-state index contributed by atoms with van der Waals surface area (Å²) < 4.78 is 39.5. The number of hydrogen-bond acceptors (Lipinski definition) is 3.